The second kappa shape index (κ2) is 6.17. The lowest BCUT2D eigenvalue weighted by Crippen LogP contribution is -2.17. The van der Waals surface area contributed by atoms with Gasteiger partial charge in [0.2, 0.25) is 5.91 Å². The van der Waals surface area contributed by atoms with Gasteiger partial charge in [-0.3, -0.25) is 10.1 Å². The summed E-state index contributed by atoms with van der Waals surface area (Å²) in [4.78, 5) is 23.4. The van der Waals surface area contributed by atoms with Crippen LogP contribution in [0.1, 0.15) is 6.42 Å². The summed E-state index contributed by atoms with van der Waals surface area (Å²) in [6.07, 6.45) is -0.174. The number of amides is 2. The van der Waals surface area contributed by atoms with Crippen molar-refractivity contribution in [3.05, 3.63) is 48.5 Å². The van der Waals surface area contributed by atoms with Gasteiger partial charge in [0, 0.05) is 18.7 Å². The molecule has 1 aliphatic heterocycles. The average molecular weight is 297 g/mol. The zero-order valence-corrected chi connectivity index (χ0v) is 11.8. The number of benzene rings is 2. The van der Waals surface area contributed by atoms with Crippen LogP contribution in [-0.4, -0.2) is 18.5 Å². The summed E-state index contributed by atoms with van der Waals surface area (Å²) in [7, 11) is 0. The van der Waals surface area contributed by atoms with Crippen molar-refractivity contribution in [2.45, 2.75) is 6.42 Å². The highest BCUT2D eigenvalue weighted by Gasteiger charge is 2.13. The Morgan fingerprint density at radius 3 is 2.73 bits per heavy atom. The molecule has 0 atom stereocenters. The Morgan fingerprint density at radius 1 is 1.09 bits per heavy atom. The molecule has 6 heteroatoms. The van der Waals surface area contributed by atoms with Gasteiger partial charge in [0.05, 0.1) is 11.4 Å². The number of hydrogen-bond donors (Lipinski definition) is 3. The highest BCUT2D eigenvalue weighted by Crippen LogP contribution is 2.27. The number of carbonyl (C=O) groups is 2. The summed E-state index contributed by atoms with van der Waals surface area (Å²) in [6, 6.07) is 14.0. The van der Waals surface area contributed by atoms with Crippen LogP contribution in [0.2, 0.25) is 0 Å². The number of fused-ring (bicyclic) bond motifs is 1. The van der Waals surface area contributed by atoms with Gasteiger partial charge in [-0.05, 0) is 30.3 Å². The van der Waals surface area contributed by atoms with Crippen LogP contribution in [0.4, 0.5) is 21.9 Å². The summed E-state index contributed by atoms with van der Waals surface area (Å²) in [6.45, 7) is 0.585. The zero-order chi connectivity index (χ0) is 15.4. The fourth-order valence-corrected chi connectivity index (χ4v) is 2.14. The molecular weight excluding hydrogens is 282 g/mol. The molecule has 0 saturated heterocycles. The van der Waals surface area contributed by atoms with Crippen molar-refractivity contribution >= 4 is 29.1 Å². The first-order chi connectivity index (χ1) is 10.7. The second-order valence-corrected chi connectivity index (χ2v) is 4.81. The number of nitrogens with one attached hydrogen (secondary N) is 3. The molecule has 0 spiro atoms. The fraction of sp³-hybridized carbons (Fsp3) is 0.125. The van der Waals surface area contributed by atoms with Gasteiger partial charge in [-0.25, -0.2) is 4.79 Å². The van der Waals surface area contributed by atoms with E-state index in [0.717, 1.165) is 5.69 Å². The van der Waals surface area contributed by atoms with Crippen LogP contribution in [0, 0.1) is 0 Å². The number of carbonyl (C=O) groups excluding carboxylic acids is 2. The molecule has 112 valence electrons. The van der Waals surface area contributed by atoms with E-state index >= 15 is 0 Å². The molecule has 6 nitrogen and oxygen atoms in total. The molecule has 0 fully saturated rings. The SMILES string of the molecule is O=C1CCNc2ccc(NC(=O)Oc3ccccc3)cc2N1. The minimum absolute atomic E-state index is 0.0599. The predicted molar refractivity (Wildman–Crippen MR) is 84.3 cm³/mol. The molecule has 2 aromatic carbocycles. The van der Waals surface area contributed by atoms with E-state index in [-0.39, 0.29) is 5.91 Å². The Balaban J connectivity index is 1.70. The molecular formula is C16H15N3O3. The maximum Gasteiger partial charge on any atom is 0.417 e. The van der Waals surface area contributed by atoms with Crippen molar-refractivity contribution in [2.75, 3.05) is 22.5 Å². The van der Waals surface area contributed by atoms with Gasteiger partial charge in [-0.1, -0.05) is 18.2 Å². The van der Waals surface area contributed by atoms with E-state index in [1.54, 1.807) is 42.5 Å². The van der Waals surface area contributed by atoms with E-state index in [9.17, 15) is 9.59 Å². The van der Waals surface area contributed by atoms with Crippen molar-refractivity contribution in [2.24, 2.45) is 0 Å². The lowest BCUT2D eigenvalue weighted by Gasteiger charge is -2.11. The van der Waals surface area contributed by atoms with Gasteiger partial charge >= 0.3 is 6.09 Å². The molecule has 0 bridgehead atoms. The monoisotopic (exact) mass is 297 g/mol. The van der Waals surface area contributed by atoms with Gasteiger partial charge in [-0.15, -0.1) is 0 Å². The third-order valence-corrected chi connectivity index (χ3v) is 3.16. The van der Waals surface area contributed by atoms with E-state index in [4.69, 9.17) is 4.74 Å². The summed E-state index contributed by atoms with van der Waals surface area (Å²) in [5, 5.41) is 8.58. The molecule has 1 aliphatic rings. The molecule has 3 N–H and O–H groups in total. The average Bonchev–Trinajstić information content (AvgIpc) is 2.68. The van der Waals surface area contributed by atoms with Gasteiger partial charge in [0.25, 0.3) is 0 Å². The van der Waals surface area contributed by atoms with Gasteiger partial charge in [0.15, 0.2) is 0 Å². The summed E-state index contributed by atoms with van der Waals surface area (Å²) >= 11 is 0. The van der Waals surface area contributed by atoms with E-state index in [0.29, 0.717) is 30.1 Å². The minimum Gasteiger partial charge on any atom is -0.410 e. The maximum atomic E-state index is 11.8. The first-order valence-corrected chi connectivity index (χ1v) is 6.92. The molecule has 3 rings (SSSR count). The molecule has 0 aliphatic carbocycles. The van der Waals surface area contributed by atoms with Crippen LogP contribution in [0.15, 0.2) is 48.5 Å². The first-order valence-electron chi connectivity index (χ1n) is 6.92. The standard InChI is InChI=1S/C16H15N3O3/c20-15-8-9-17-13-7-6-11(10-14(13)19-15)18-16(21)22-12-4-2-1-3-5-12/h1-7,10,17H,8-9H2,(H,18,21)(H,19,20). The number of ether oxygens (including phenoxy) is 1. The number of rotatable bonds is 2. The van der Waals surface area contributed by atoms with Crippen molar-refractivity contribution < 1.29 is 14.3 Å². The molecule has 22 heavy (non-hydrogen) atoms. The van der Waals surface area contributed by atoms with Crippen LogP contribution >= 0.6 is 0 Å². The molecule has 1 heterocycles. The Kier molecular flexibility index (Phi) is 3.91. The van der Waals surface area contributed by atoms with Crippen LogP contribution < -0.4 is 20.7 Å². The van der Waals surface area contributed by atoms with Crippen molar-refractivity contribution in [1.82, 2.24) is 0 Å². The van der Waals surface area contributed by atoms with Crippen molar-refractivity contribution in [3.63, 3.8) is 0 Å². The zero-order valence-electron chi connectivity index (χ0n) is 11.8. The van der Waals surface area contributed by atoms with E-state index in [1.165, 1.54) is 0 Å². The number of hydrogen-bond acceptors (Lipinski definition) is 4. The predicted octanol–water partition coefficient (Wildman–Crippen LogP) is 3.05. The Morgan fingerprint density at radius 2 is 1.91 bits per heavy atom. The fourth-order valence-electron chi connectivity index (χ4n) is 2.14. The van der Waals surface area contributed by atoms with E-state index in [1.807, 2.05) is 6.07 Å². The van der Waals surface area contributed by atoms with Crippen molar-refractivity contribution in [1.29, 1.82) is 0 Å². The Labute approximate surface area is 127 Å². The molecule has 2 aromatic rings. The minimum atomic E-state index is -0.584. The molecule has 0 saturated carbocycles. The summed E-state index contributed by atoms with van der Waals surface area (Å²) in [5.41, 5.74) is 2.01. The Hall–Kier alpha value is -3.02. The first kappa shape index (κ1) is 13.9. The van der Waals surface area contributed by atoms with Crippen molar-refractivity contribution in [3.8, 4) is 5.75 Å². The normalized spacial score (nSPS) is 13.2. The van der Waals surface area contributed by atoms with Gasteiger partial charge in [0.1, 0.15) is 5.75 Å². The van der Waals surface area contributed by atoms with Crippen LogP contribution in [0.5, 0.6) is 5.75 Å². The second-order valence-electron chi connectivity index (χ2n) is 4.81. The molecule has 0 unspecified atom stereocenters. The molecule has 0 radical (unpaired) electrons. The lowest BCUT2D eigenvalue weighted by molar-refractivity contribution is -0.115. The number of para-hydroxylation sites is 1. The maximum absolute atomic E-state index is 11.8. The third kappa shape index (κ3) is 3.35. The Bertz CT molecular complexity index is 701. The molecule has 2 amide bonds. The van der Waals surface area contributed by atoms with Gasteiger partial charge in [-0.2, -0.15) is 0 Å². The van der Waals surface area contributed by atoms with Crippen LogP contribution in [-0.2, 0) is 4.79 Å². The largest absolute Gasteiger partial charge is 0.417 e. The highest BCUT2D eigenvalue weighted by atomic mass is 16.6. The topological polar surface area (TPSA) is 79.5 Å². The highest BCUT2D eigenvalue weighted by molar-refractivity contribution is 5.97. The van der Waals surface area contributed by atoms with Gasteiger partial charge < -0.3 is 15.4 Å². The quantitative estimate of drug-likeness (QED) is 0.796. The van der Waals surface area contributed by atoms with Crippen LogP contribution in [0.25, 0.3) is 0 Å². The van der Waals surface area contributed by atoms with Crippen LogP contribution in [0.3, 0.4) is 0 Å². The van der Waals surface area contributed by atoms with E-state index in [2.05, 4.69) is 16.0 Å². The van der Waals surface area contributed by atoms with E-state index < -0.39 is 6.09 Å². The smallest absolute Gasteiger partial charge is 0.410 e. The number of anilines is 3. The lowest BCUT2D eigenvalue weighted by atomic mass is 10.2. The summed E-state index contributed by atoms with van der Waals surface area (Å²) < 4.78 is 5.16. The summed E-state index contributed by atoms with van der Waals surface area (Å²) in [5.74, 6) is 0.403. The molecule has 0 aromatic heterocycles. The third-order valence-electron chi connectivity index (χ3n) is 3.16.